The van der Waals surface area contributed by atoms with Gasteiger partial charge in [0.1, 0.15) is 30.5 Å². The quantitative estimate of drug-likeness (QED) is 0.293. The van der Waals surface area contributed by atoms with Gasteiger partial charge in [-0.25, -0.2) is 0 Å². The smallest absolute Gasteiger partial charge is 0.320 e. The standard InChI is InChI=1S/C24H31NO10/c1-33-16-10-13(2-4-15(16)34-23-21(30)20(29)19(28)17(12-26)35-23)3-5-18(27)24-6-8-25(9-7-24)14(11-24)22(31)32/h2-5,10,14,17,19-21,23,26,28-30H,6-9,11-12H2,1H3,(H,31,32)/b5-3+/t14?,17-,19-,20+,21-,23-/m1/s1. The Balaban J connectivity index is 1.47. The van der Waals surface area contributed by atoms with E-state index >= 15 is 0 Å². The second-order valence-corrected chi connectivity index (χ2v) is 9.30. The molecule has 2 bridgehead atoms. The molecule has 4 heterocycles. The van der Waals surface area contributed by atoms with Gasteiger partial charge >= 0.3 is 5.97 Å². The van der Waals surface area contributed by atoms with Gasteiger partial charge in [0.05, 0.1) is 13.7 Å². The van der Waals surface area contributed by atoms with Gasteiger partial charge in [-0.15, -0.1) is 0 Å². The number of nitrogens with zero attached hydrogens (tertiary/aromatic N) is 1. The van der Waals surface area contributed by atoms with Crippen molar-refractivity contribution in [2.24, 2.45) is 5.41 Å². The van der Waals surface area contributed by atoms with E-state index in [-0.39, 0.29) is 17.3 Å². The van der Waals surface area contributed by atoms with Crippen LogP contribution in [0.1, 0.15) is 24.8 Å². The van der Waals surface area contributed by atoms with E-state index in [1.165, 1.54) is 13.2 Å². The number of aliphatic carboxylic acids is 1. The molecule has 0 radical (unpaired) electrons. The van der Waals surface area contributed by atoms with Crippen LogP contribution >= 0.6 is 0 Å². The maximum absolute atomic E-state index is 13.1. The second kappa shape index (κ2) is 10.2. The predicted octanol–water partition coefficient (Wildman–Crippen LogP) is -0.605. The number of ether oxygens (including phenoxy) is 3. The summed E-state index contributed by atoms with van der Waals surface area (Å²) in [6, 6.07) is 4.19. The number of carboxylic acid groups (broad SMARTS) is 1. The molecule has 4 aliphatic heterocycles. The maximum Gasteiger partial charge on any atom is 0.320 e. The molecule has 4 saturated heterocycles. The molecule has 192 valence electrons. The fourth-order valence-electron chi connectivity index (χ4n) is 5.08. The number of carbonyl (C=O) groups excluding carboxylic acids is 1. The monoisotopic (exact) mass is 493 g/mol. The second-order valence-electron chi connectivity index (χ2n) is 9.30. The van der Waals surface area contributed by atoms with Gasteiger partial charge in [0.15, 0.2) is 17.3 Å². The molecule has 1 aromatic carbocycles. The number of benzene rings is 1. The van der Waals surface area contributed by atoms with Crippen LogP contribution < -0.4 is 9.47 Å². The zero-order valence-corrected chi connectivity index (χ0v) is 19.3. The van der Waals surface area contributed by atoms with Crippen LogP contribution in [0.3, 0.4) is 0 Å². The van der Waals surface area contributed by atoms with Gasteiger partial charge in [0.25, 0.3) is 0 Å². The third kappa shape index (κ3) is 4.92. The van der Waals surface area contributed by atoms with E-state index in [0.29, 0.717) is 37.9 Å². The Morgan fingerprint density at radius 3 is 2.49 bits per heavy atom. The largest absolute Gasteiger partial charge is 0.493 e. The lowest BCUT2D eigenvalue weighted by Gasteiger charge is -2.50. The lowest BCUT2D eigenvalue weighted by Crippen LogP contribution is -2.60. The number of hydrogen-bond donors (Lipinski definition) is 5. The summed E-state index contributed by atoms with van der Waals surface area (Å²) in [6.45, 7) is 0.606. The van der Waals surface area contributed by atoms with Crippen LogP contribution in [0, 0.1) is 5.41 Å². The summed E-state index contributed by atoms with van der Waals surface area (Å²) in [7, 11) is 1.41. The Bertz CT molecular complexity index is 971. The van der Waals surface area contributed by atoms with Crippen LogP contribution in [-0.4, -0.2) is 106 Å². The number of carboxylic acids is 1. The Kier molecular flexibility index (Phi) is 7.46. The Hall–Kier alpha value is -2.54. The minimum atomic E-state index is -1.57. The molecule has 1 aromatic rings. The molecule has 4 fully saturated rings. The van der Waals surface area contributed by atoms with Crippen molar-refractivity contribution >= 4 is 17.8 Å². The minimum absolute atomic E-state index is 0.0938. The van der Waals surface area contributed by atoms with Crippen molar-refractivity contribution in [1.82, 2.24) is 4.90 Å². The molecule has 0 amide bonds. The highest BCUT2D eigenvalue weighted by Gasteiger charge is 2.50. The maximum atomic E-state index is 13.1. The highest BCUT2D eigenvalue weighted by atomic mass is 16.7. The number of fused-ring (bicyclic) bond motifs is 3. The van der Waals surface area contributed by atoms with E-state index in [1.807, 2.05) is 4.90 Å². The van der Waals surface area contributed by atoms with Crippen LogP contribution in [0.25, 0.3) is 6.08 Å². The fraction of sp³-hybridized carbons (Fsp3) is 0.583. The first-order valence-corrected chi connectivity index (χ1v) is 11.5. The zero-order valence-electron chi connectivity index (χ0n) is 19.3. The molecule has 0 saturated carbocycles. The van der Waals surface area contributed by atoms with Crippen molar-refractivity contribution in [3.8, 4) is 11.5 Å². The Labute approximate surface area is 202 Å². The summed E-state index contributed by atoms with van der Waals surface area (Å²) in [6.07, 6.45) is -2.41. The topological polar surface area (TPSA) is 166 Å². The first-order chi connectivity index (χ1) is 16.7. The van der Waals surface area contributed by atoms with Gasteiger partial charge in [-0.2, -0.15) is 0 Å². The van der Waals surface area contributed by atoms with Crippen molar-refractivity contribution < 1.29 is 49.3 Å². The average molecular weight is 494 g/mol. The van der Waals surface area contributed by atoms with Gasteiger partial charge < -0.3 is 39.7 Å². The van der Waals surface area contributed by atoms with Crippen molar-refractivity contribution in [3.63, 3.8) is 0 Å². The summed E-state index contributed by atoms with van der Waals surface area (Å²) in [5.41, 5.74) is -0.0272. The molecule has 5 rings (SSSR count). The minimum Gasteiger partial charge on any atom is -0.493 e. The van der Waals surface area contributed by atoms with Crippen molar-refractivity contribution in [2.45, 2.75) is 56.0 Å². The summed E-state index contributed by atoms with van der Waals surface area (Å²) >= 11 is 0. The van der Waals surface area contributed by atoms with Crippen LogP contribution in [0.5, 0.6) is 11.5 Å². The predicted molar refractivity (Wildman–Crippen MR) is 121 cm³/mol. The molecule has 0 spiro atoms. The number of hydrogen-bond acceptors (Lipinski definition) is 10. The molecule has 5 N–H and O–H groups in total. The number of piperidine rings is 3. The highest BCUT2D eigenvalue weighted by Crippen LogP contribution is 2.44. The number of carbonyl (C=O) groups is 2. The molecule has 35 heavy (non-hydrogen) atoms. The van der Waals surface area contributed by atoms with Crippen LogP contribution in [0.2, 0.25) is 0 Å². The van der Waals surface area contributed by atoms with Gasteiger partial charge in [0, 0.05) is 5.41 Å². The summed E-state index contributed by atoms with van der Waals surface area (Å²) in [4.78, 5) is 26.6. The van der Waals surface area contributed by atoms with Gasteiger partial charge in [-0.1, -0.05) is 12.1 Å². The van der Waals surface area contributed by atoms with Gasteiger partial charge in [-0.05, 0) is 56.1 Å². The fourth-order valence-corrected chi connectivity index (χ4v) is 5.08. The molecule has 11 heteroatoms. The average Bonchev–Trinajstić information content (AvgIpc) is 2.88. The summed E-state index contributed by atoms with van der Waals surface area (Å²) in [5.74, 6) is -0.538. The van der Waals surface area contributed by atoms with Crippen molar-refractivity contribution in [1.29, 1.82) is 0 Å². The lowest BCUT2D eigenvalue weighted by molar-refractivity contribution is -0.277. The van der Waals surface area contributed by atoms with E-state index < -0.39 is 54.7 Å². The van der Waals surface area contributed by atoms with E-state index in [9.17, 15) is 35.1 Å². The molecule has 0 aromatic heterocycles. The Morgan fingerprint density at radius 2 is 1.86 bits per heavy atom. The third-order valence-corrected chi connectivity index (χ3v) is 7.29. The molecule has 6 atom stereocenters. The molecule has 0 aliphatic carbocycles. The third-order valence-electron chi connectivity index (χ3n) is 7.29. The summed E-state index contributed by atoms with van der Waals surface area (Å²) < 4.78 is 16.4. The SMILES string of the molecule is COc1cc(/C=C/C(=O)C23CCN(CC2)C(C(=O)O)C3)ccc1O[C@@H]1O[C@H](CO)[C@@H](O)[C@H](O)[C@H]1O. The van der Waals surface area contributed by atoms with Gasteiger partial charge in [0.2, 0.25) is 6.29 Å². The van der Waals surface area contributed by atoms with Crippen LogP contribution in [0.4, 0.5) is 0 Å². The molecule has 11 nitrogen and oxygen atoms in total. The number of methoxy groups -OCH3 is 1. The summed E-state index contributed by atoms with van der Waals surface area (Å²) in [5, 5.41) is 48.9. The molecule has 1 unspecified atom stereocenters. The number of rotatable bonds is 8. The van der Waals surface area contributed by atoms with Gasteiger partial charge in [-0.3, -0.25) is 14.5 Å². The molecular weight excluding hydrogens is 462 g/mol. The van der Waals surface area contributed by atoms with Crippen molar-refractivity contribution in [3.05, 3.63) is 29.8 Å². The van der Waals surface area contributed by atoms with Crippen LogP contribution in [0.15, 0.2) is 24.3 Å². The number of allylic oxidation sites excluding steroid dienone is 1. The van der Waals surface area contributed by atoms with E-state index in [2.05, 4.69) is 0 Å². The molecular formula is C24H31NO10. The first kappa shape index (κ1) is 25.5. The number of aliphatic hydroxyl groups is 4. The lowest BCUT2D eigenvalue weighted by atomic mass is 9.66. The van der Waals surface area contributed by atoms with E-state index in [4.69, 9.17) is 14.2 Å². The normalized spacial score (nSPS) is 36.8. The zero-order chi connectivity index (χ0) is 25.3. The van der Waals surface area contributed by atoms with Crippen molar-refractivity contribution in [2.75, 3.05) is 26.8 Å². The van der Waals surface area contributed by atoms with Crippen LogP contribution in [-0.2, 0) is 14.3 Å². The highest BCUT2D eigenvalue weighted by molar-refractivity contribution is 5.99. The Morgan fingerprint density at radius 1 is 1.14 bits per heavy atom. The number of ketones is 1. The first-order valence-electron chi connectivity index (χ1n) is 11.5. The number of aliphatic hydroxyl groups excluding tert-OH is 4. The van der Waals surface area contributed by atoms with E-state index in [0.717, 1.165) is 0 Å². The van der Waals surface area contributed by atoms with E-state index in [1.54, 1.807) is 24.3 Å². The molecule has 4 aliphatic rings.